The molecule has 7 heteroatoms. The second-order valence-electron chi connectivity index (χ2n) is 8.66. The Hall–Kier alpha value is -2.44. The second-order valence-corrected chi connectivity index (χ2v) is 10.4. The van der Waals surface area contributed by atoms with Crippen LogP contribution in [0.2, 0.25) is 4.34 Å². The monoisotopic (exact) mass is 471 g/mol. The molecule has 0 bridgehead atoms. The SMILES string of the molecule is C=CC(=O)N1Cc2sc(Cl)cc2[C@H](c2cccc(C)c2-c2cn(CC)nc2C(C)(C)F)C1. The predicted octanol–water partition coefficient (Wildman–Crippen LogP) is 6.46. The second kappa shape index (κ2) is 8.49. The zero-order valence-corrected chi connectivity index (χ0v) is 20.4. The number of aryl methyl sites for hydroxylation is 2. The number of hydrogen-bond donors (Lipinski definition) is 0. The maximum Gasteiger partial charge on any atom is 0.246 e. The molecule has 1 aliphatic rings. The molecule has 4 nitrogen and oxygen atoms in total. The summed E-state index contributed by atoms with van der Waals surface area (Å²) in [5, 5.41) is 4.55. The van der Waals surface area contributed by atoms with Crippen molar-refractivity contribution in [2.45, 2.75) is 52.4 Å². The van der Waals surface area contributed by atoms with Crippen molar-refractivity contribution in [1.29, 1.82) is 0 Å². The number of hydrogen-bond acceptors (Lipinski definition) is 3. The van der Waals surface area contributed by atoms with Crippen molar-refractivity contribution in [2.24, 2.45) is 0 Å². The molecule has 0 spiro atoms. The van der Waals surface area contributed by atoms with Crippen molar-refractivity contribution in [3.63, 3.8) is 0 Å². The fourth-order valence-electron chi connectivity index (χ4n) is 4.50. The van der Waals surface area contributed by atoms with Gasteiger partial charge in [-0.3, -0.25) is 9.48 Å². The molecule has 2 aromatic heterocycles. The van der Waals surface area contributed by atoms with Crippen molar-refractivity contribution in [1.82, 2.24) is 14.7 Å². The number of carbonyl (C=O) groups excluding carboxylic acids is 1. The molecule has 168 valence electrons. The number of fused-ring (bicyclic) bond motifs is 1. The highest BCUT2D eigenvalue weighted by molar-refractivity contribution is 7.16. The van der Waals surface area contributed by atoms with Gasteiger partial charge < -0.3 is 4.90 Å². The van der Waals surface area contributed by atoms with Gasteiger partial charge in [-0.15, -0.1) is 11.3 Å². The van der Waals surface area contributed by atoms with E-state index in [1.807, 2.05) is 38.2 Å². The third-order valence-corrected chi connectivity index (χ3v) is 7.27. The summed E-state index contributed by atoms with van der Waals surface area (Å²) in [6.07, 6.45) is 3.28. The summed E-state index contributed by atoms with van der Waals surface area (Å²) in [5.41, 5.74) is 3.81. The quantitative estimate of drug-likeness (QED) is 0.400. The topological polar surface area (TPSA) is 38.1 Å². The standard InChI is InChI=1S/C25H27ClFN3OS/c1-6-22(31)29-12-18(17-11-21(26)32-20(17)14-29)16-10-8-9-15(3)23(16)19-13-30(7-2)28-24(19)25(4,5)27/h6,8-11,13,18H,1,7,12,14H2,2-5H3/t18-/m0/s1. The summed E-state index contributed by atoms with van der Waals surface area (Å²) >= 11 is 7.89. The number of amides is 1. The Kier molecular flexibility index (Phi) is 6.03. The van der Waals surface area contributed by atoms with Crippen LogP contribution in [0.5, 0.6) is 0 Å². The Balaban J connectivity index is 1.94. The van der Waals surface area contributed by atoms with Gasteiger partial charge in [-0.2, -0.15) is 5.10 Å². The molecule has 3 heterocycles. The fraction of sp³-hybridized carbons (Fsp3) is 0.360. The van der Waals surface area contributed by atoms with E-state index in [9.17, 15) is 4.79 Å². The molecule has 0 radical (unpaired) electrons. The molecule has 0 N–H and O–H groups in total. The zero-order chi connectivity index (χ0) is 23.2. The number of halogens is 2. The van der Waals surface area contributed by atoms with Crippen LogP contribution in [0, 0.1) is 6.92 Å². The molecule has 1 atom stereocenters. The Morgan fingerprint density at radius 3 is 2.81 bits per heavy atom. The van der Waals surface area contributed by atoms with Crippen LogP contribution in [0.15, 0.2) is 43.1 Å². The number of carbonyl (C=O) groups is 1. The number of alkyl halides is 1. The molecule has 1 aromatic carbocycles. The minimum absolute atomic E-state index is 0.0816. The first-order valence-electron chi connectivity index (χ1n) is 10.7. The lowest BCUT2D eigenvalue weighted by Crippen LogP contribution is -2.37. The Labute approximate surface area is 197 Å². The summed E-state index contributed by atoms with van der Waals surface area (Å²) in [5.74, 6) is -0.189. The summed E-state index contributed by atoms with van der Waals surface area (Å²) in [7, 11) is 0. The lowest BCUT2D eigenvalue weighted by atomic mass is 9.81. The van der Waals surface area contributed by atoms with E-state index in [0.717, 1.165) is 32.7 Å². The summed E-state index contributed by atoms with van der Waals surface area (Å²) in [4.78, 5) is 15.4. The molecule has 1 amide bonds. The Morgan fingerprint density at radius 2 is 2.16 bits per heavy atom. The minimum atomic E-state index is -1.59. The van der Waals surface area contributed by atoms with Gasteiger partial charge in [0.1, 0.15) is 11.4 Å². The summed E-state index contributed by atoms with van der Waals surface area (Å²) in [6.45, 7) is 12.4. The first kappa shape index (κ1) is 22.7. The van der Waals surface area contributed by atoms with Gasteiger partial charge in [0.25, 0.3) is 0 Å². The van der Waals surface area contributed by atoms with E-state index in [-0.39, 0.29) is 11.8 Å². The van der Waals surface area contributed by atoms with Crippen LogP contribution in [-0.2, 0) is 23.6 Å². The number of thiophene rings is 1. The molecule has 0 aliphatic carbocycles. The van der Waals surface area contributed by atoms with E-state index in [4.69, 9.17) is 11.6 Å². The van der Waals surface area contributed by atoms with Crippen molar-refractivity contribution in [3.8, 4) is 11.1 Å². The lowest BCUT2D eigenvalue weighted by Gasteiger charge is -2.34. The first-order chi connectivity index (χ1) is 15.1. The molecule has 1 aliphatic heterocycles. The number of aromatic nitrogens is 2. The van der Waals surface area contributed by atoms with Gasteiger partial charge in [0.05, 0.1) is 10.9 Å². The van der Waals surface area contributed by atoms with E-state index < -0.39 is 5.67 Å². The van der Waals surface area contributed by atoms with Gasteiger partial charge >= 0.3 is 0 Å². The molecule has 0 fully saturated rings. The number of benzene rings is 1. The van der Waals surface area contributed by atoms with Crippen LogP contribution in [0.1, 0.15) is 54.0 Å². The first-order valence-corrected chi connectivity index (χ1v) is 11.9. The van der Waals surface area contributed by atoms with Crippen LogP contribution in [0.4, 0.5) is 4.39 Å². The fourth-order valence-corrected chi connectivity index (χ4v) is 5.86. The molecule has 0 unspecified atom stereocenters. The molecule has 3 aromatic rings. The minimum Gasteiger partial charge on any atom is -0.333 e. The lowest BCUT2D eigenvalue weighted by molar-refractivity contribution is -0.127. The highest BCUT2D eigenvalue weighted by Gasteiger charge is 2.34. The van der Waals surface area contributed by atoms with E-state index >= 15 is 4.39 Å². The summed E-state index contributed by atoms with van der Waals surface area (Å²) in [6, 6.07) is 8.13. The van der Waals surface area contributed by atoms with Crippen LogP contribution in [0.3, 0.4) is 0 Å². The van der Waals surface area contributed by atoms with Gasteiger partial charge in [0, 0.05) is 35.6 Å². The van der Waals surface area contributed by atoms with Gasteiger partial charge in [-0.05, 0) is 62.1 Å². The Morgan fingerprint density at radius 1 is 1.41 bits per heavy atom. The normalized spacial score (nSPS) is 16.2. The van der Waals surface area contributed by atoms with E-state index in [0.29, 0.717) is 29.7 Å². The predicted molar refractivity (Wildman–Crippen MR) is 129 cm³/mol. The molecule has 0 saturated heterocycles. The molecule has 4 rings (SSSR count). The summed E-state index contributed by atoms with van der Waals surface area (Å²) < 4.78 is 17.7. The maximum atomic E-state index is 15.2. The maximum absolute atomic E-state index is 15.2. The highest BCUT2D eigenvalue weighted by Crippen LogP contribution is 2.45. The van der Waals surface area contributed by atoms with Crippen LogP contribution in [0.25, 0.3) is 11.1 Å². The highest BCUT2D eigenvalue weighted by atomic mass is 35.5. The van der Waals surface area contributed by atoms with Crippen molar-refractivity contribution < 1.29 is 9.18 Å². The molecular weight excluding hydrogens is 445 g/mol. The smallest absolute Gasteiger partial charge is 0.246 e. The third-order valence-electron chi connectivity index (χ3n) is 6.01. The third kappa shape index (κ3) is 4.02. The van der Waals surface area contributed by atoms with Gasteiger partial charge in [-0.1, -0.05) is 36.4 Å². The number of rotatable bonds is 5. The van der Waals surface area contributed by atoms with Gasteiger partial charge in [-0.25, -0.2) is 4.39 Å². The Bertz CT molecular complexity index is 1190. The number of nitrogens with zero attached hydrogens (tertiary/aromatic N) is 3. The molecule has 0 saturated carbocycles. The largest absolute Gasteiger partial charge is 0.333 e. The molecular formula is C25H27ClFN3OS. The van der Waals surface area contributed by atoms with E-state index in [1.165, 1.54) is 17.4 Å². The van der Waals surface area contributed by atoms with Crippen LogP contribution in [-0.4, -0.2) is 27.1 Å². The van der Waals surface area contributed by atoms with E-state index in [1.54, 1.807) is 23.4 Å². The van der Waals surface area contributed by atoms with Crippen molar-refractivity contribution >= 4 is 28.8 Å². The van der Waals surface area contributed by atoms with Gasteiger partial charge in [0.2, 0.25) is 5.91 Å². The van der Waals surface area contributed by atoms with E-state index in [2.05, 4.69) is 17.7 Å². The van der Waals surface area contributed by atoms with Gasteiger partial charge in [0.15, 0.2) is 0 Å². The van der Waals surface area contributed by atoms with Crippen molar-refractivity contribution in [3.05, 3.63) is 74.7 Å². The molecule has 32 heavy (non-hydrogen) atoms. The van der Waals surface area contributed by atoms with Crippen LogP contribution >= 0.6 is 22.9 Å². The average Bonchev–Trinajstić information content (AvgIpc) is 3.34. The average molecular weight is 472 g/mol. The van der Waals surface area contributed by atoms with Crippen molar-refractivity contribution in [2.75, 3.05) is 6.54 Å². The van der Waals surface area contributed by atoms with Crippen LogP contribution < -0.4 is 0 Å². The zero-order valence-electron chi connectivity index (χ0n) is 18.8.